The van der Waals surface area contributed by atoms with Crippen molar-refractivity contribution >= 4 is 0 Å². The summed E-state index contributed by atoms with van der Waals surface area (Å²) in [6, 6.07) is 1.36. The van der Waals surface area contributed by atoms with E-state index >= 15 is 0 Å². The number of methoxy groups -OCH3 is 1. The Morgan fingerprint density at radius 2 is 2.12 bits per heavy atom. The van der Waals surface area contributed by atoms with E-state index in [1.807, 2.05) is 0 Å². The van der Waals surface area contributed by atoms with Gasteiger partial charge in [-0.15, -0.1) is 0 Å². The van der Waals surface area contributed by atoms with Crippen molar-refractivity contribution in [3.05, 3.63) is 29.8 Å². The minimum absolute atomic E-state index is 0.210. The summed E-state index contributed by atoms with van der Waals surface area (Å²) in [6.45, 7) is 0. The van der Waals surface area contributed by atoms with E-state index in [4.69, 9.17) is 4.74 Å². The lowest BCUT2D eigenvalue weighted by Crippen LogP contribution is -2.34. The van der Waals surface area contributed by atoms with E-state index in [0.29, 0.717) is 18.4 Å². The molecule has 1 heterocycles. The van der Waals surface area contributed by atoms with Gasteiger partial charge >= 0.3 is 0 Å². The van der Waals surface area contributed by atoms with Crippen LogP contribution in [0, 0.1) is 5.82 Å². The molecule has 0 spiro atoms. The molecule has 0 saturated heterocycles. The standard InChI is InChI=1S/C12H16FNO2/c1-16-11-2-4-12(15,5-3-11)9-6-10(13)8-14-7-9/h6-8,11,15H,2-5H2,1H3. The molecule has 1 N–H and O–H groups in total. The van der Waals surface area contributed by atoms with Crippen LogP contribution < -0.4 is 0 Å². The molecule has 4 heteroatoms. The summed E-state index contributed by atoms with van der Waals surface area (Å²) in [5, 5.41) is 10.4. The van der Waals surface area contributed by atoms with E-state index in [-0.39, 0.29) is 6.10 Å². The van der Waals surface area contributed by atoms with Crippen molar-refractivity contribution in [3.8, 4) is 0 Å². The van der Waals surface area contributed by atoms with Crippen LogP contribution in [0.15, 0.2) is 18.5 Å². The van der Waals surface area contributed by atoms with E-state index in [2.05, 4.69) is 4.98 Å². The molecule has 2 rings (SSSR count). The Bertz CT molecular complexity index is 362. The Kier molecular flexibility index (Phi) is 3.21. The Morgan fingerprint density at radius 1 is 1.44 bits per heavy atom. The average Bonchev–Trinajstić information content (AvgIpc) is 2.30. The summed E-state index contributed by atoms with van der Waals surface area (Å²) in [7, 11) is 1.68. The summed E-state index contributed by atoms with van der Waals surface area (Å²) in [4.78, 5) is 3.78. The number of nitrogens with zero attached hydrogens (tertiary/aromatic N) is 1. The molecular formula is C12H16FNO2. The fraction of sp³-hybridized carbons (Fsp3) is 0.583. The molecule has 0 radical (unpaired) electrons. The SMILES string of the molecule is COC1CCC(O)(c2cncc(F)c2)CC1. The molecule has 1 aromatic rings. The predicted molar refractivity (Wildman–Crippen MR) is 57.4 cm³/mol. The molecule has 1 aliphatic rings. The second kappa shape index (κ2) is 4.47. The molecule has 88 valence electrons. The van der Waals surface area contributed by atoms with E-state index in [9.17, 15) is 9.50 Å². The third-order valence-corrected chi connectivity index (χ3v) is 3.34. The lowest BCUT2D eigenvalue weighted by molar-refractivity contribution is -0.0477. The zero-order chi connectivity index (χ0) is 11.6. The quantitative estimate of drug-likeness (QED) is 0.837. The van der Waals surface area contributed by atoms with Gasteiger partial charge < -0.3 is 9.84 Å². The summed E-state index contributed by atoms with van der Waals surface area (Å²) >= 11 is 0. The highest BCUT2D eigenvalue weighted by Gasteiger charge is 2.35. The smallest absolute Gasteiger partial charge is 0.141 e. The van der Waals surface area contributed by atoms with E-state index in [0.717, 1.165) is 19.0 Å². The van der Waals surface area contributed by atoms with Crippen molar-refractivity contribution in [2.75, 3.05) is 7.11 Å². The van der Waals surface area contributed by atoms with Gasteiger partial charge in [0.25, 0.3) is 0 Å². The molecule has 0 aromatic carbocycles. The number of rotatable bonds is 2. The fourth-order valence-corrected chi connectivity index (χ4v) is 2.26. The van der Waals surface area contributed by atoms with Gasteiger partial charge in [-0.1, -0.05) is 0 Å². The van der Waals surface area contributed by atoms with E-state index in [1.54, 1.807) is 7.11 Å². The molecule has 0 bridgehead atoms. The molecular weight excluding hydrogens is 209 g/mol. The first-order chi connectivity index (χ1) is 7.64. The van der Waals surface area contributed by atoms with Crippen LogP contribution in [-0.4, -0.2) is 23.3 Å². The van der Waals surface area contributed by atoms with Crippen molar-refractivity contribution in [3.63, 3.8) is 0 Å². The van der Waals surface area contributed by atoms with Gasteiger partial charge in [0.15, 0.2) is 0 Å². The van der Waals surface area contributed by atoms with Crippen molar-refractivity contribution < 1.29 is 14.2 Å². The number of hydrogen-bond acceptors (Lipinski definition) is 3. The van der Waals surface area contributed by atoms with Crippen molar-refractivity contribution in [1.29, 1.82) is 0 Å². The number of hydrogen-bond donors (Lipinski definition) is 1. The predicted octanol–water partition coefficient (Wildman–Crippen LogP) is 2.00. The fourth-order valence-electron chi connectivity index (χ4n) is 2.26. The monoisotopic (exact) mass is 225 g/mol. The molecule has 0 unspecified atom stereocenters. The Labute approximate surface area is 94.3 Å². The van der Waals surface area contributed by atoms with Gasteiger partial charge in [-0.2, -0.15) is 0 Å². The molecule has 1 saturated carbocycles. The second-order valence-electron chi connectivity index (χ2n) is 4.36. The first-order valence-corrected chi connectivity index (χ1v) is 5.50. The van der Waals surface area contributed by atoms with Crippen molar-refractivity contribution in [2.24, 2.45) is 0 Å². The van der Waals surface area contributed by atoms with Gasteiger partial charge in [-0.05, 0) is 31.7 Å². The van der Waals surface area contributed by atoms with Crippen LogP contribution in [-0.2, 0) is 10.3 Å². The van der Waals surface area contributed by atoms with Gasteiger partial charge in [-0.25, -0.2) is 4.39 Å². The minimum Gasteiger partial charge on any atom is -0.385 e. The van der Waals surface area contributed by atoms with Gasteiger partial charge in [0.05, 0.1) is 17.9 Å². The lowest BCUT2D eigenvalue weighted by atomic mass is 9.79. The maximum Gasteiger partial charge on any atom is 0.141 e. The molecule has 1 aromatic heterocycles. The summed E-state index contributed by atoms with van der Waals surface area (Å²) in [6.07, 6.45) is 5.67. The Hall–Kier alpha value is -1.00. The highest BCUT2D eigenvalue weighted by atomic mass is 19.1. The highest BCUT2D eigenvalue weighted by molar-refractivity contribution is 5.19. The van der Waals surface area contributed by atoms with Crippen LogP contribution in [0.5, 0.6) is 0 Å². The van der Waals surface area contributed by atoms with Crippen LogP contribution in [0.2, 0.25) is 0 Å². The van der Waals surface area contributed by atoms with Gasteiger partial charge in [0.2, 0.25) is 0 Å². The number of aromatic nitrogens is 1. The minimum atomic E-state index is -0.940. The highest BCUT2D eigenvalue weighted by Crippen LogP contribution is 2.37. The molecule has 3 nitrogen and oxygen atoms in total. The second-order valence-corrected chi connectivity index (χ2v) is 4.36. The summed E-state index contributed by atoms with van der Waals surface area (Å²) in [5.41, 5.74) is -0.369. The van der Waals surface area contributed by atoms with Gasteiger partial charge in [0, 0.05) is 18.9 Å². The van der Waals surface area contributed by atoms with Gasteiger partial charge in [0.1, 0.15) is 5.82 Å². The zero-order valence-corrected chi connectivity index (χ0v) is 9.32. The largest absolute Gasteiger partial charge is 0.385 e. The molecule has 0 atom stereocenters. The average molecular weight is 225 g/mol. The van der Waals surface area contributed by atoms with Crippen LogP contribution in [0.1, 0.15) is 31.2 Å². The van der Waals surface area contributed by atoms with Crippen LogP contribution >= 0.6 is 0 Å². The van der Waals surface area contributed by atoms with E-state index in [1.165, 1.54) is 12.3 Å². The van der Waals surface area contributed by atoms with Crippen LogP contribution in [0.25, 0.3) is 0 Å². The maximum absolute atomic E-state index is 13.0. The lowest BCUT2D eigenvalue weighted by Gasteiger charge is -2.35. The summed E-state index contributed by atoms with van der Waals surface area (Å²) < 4.78 is 18.3. The molecule has 1 fully saturated rings. The van der Waals surface area contributed by atoms with Crippen molar-refractivity contribution in [2.45, 2.75) is 37.4 Å². The Balaban J connectivity index is 2.15. The third-order valence-electron chi connectivity index (χ3n) is 3.34. The van der Waals surface area contributed by atoms with Crippen molar-refractivity contribution in [1.82, 2.24) is 4.98 Å². The first kappa shape index (κ1) is 11.5. The Morgan fingerprint density at radius 3 is 2.69 bits per heavy atom. The number of ether oxygens (including phenoxy) is 1. The number of halogens is 1. The van der Waals surface area contributed by atoms with E-state index < -0.39 is 11.4 Å². The van der Waals surface area contributed by atoms with Crippen LogP contribution in [0.3, 0.4) is 0 Å². The molecule has 0 aliphatic heterocycles. The van der Waals surface area contributed by atoms with Crippen LogP contribution in [0.4, 0.5) is 4.39 Å². The number of aliphatic hydroxyl groups is 1. The first-order valence-electron chi connectivity index (χ1n) is 5.50. The summed E-state index contributed by atoms with van der Waals surface area (Å²) in [5.74, 6) is -0.403. The van der Waals surface area contributed by atoms with Gasteiger partial charge in [-0.3, -0.25) is 4.98 Å². The third kappa shape index (κ3) is 2.23. The normalized spacial score (nSPS) is 30.3. The zero-order valence-electron chi connectivity index (χ0n) is 9.32. The topological polar surface area (TPSA) is 42.4 Å². The molecule has 0 amide bonds. The molecule has 16 heavy (non-hydrogen) atoms. The maximum atomic E-state index is 13.0. The number of pyridine rings is 1. The molecule has 1 aliphatic carbocycles.